The minimum atomic E-state index is -1.27. The standard InChI is InChI=1S/C12H20Si.CH6OSi/c1-5-9-13(10-6-2,11-7-3)12-8-4;1-2-3/h5-8H,1-4,9-12H2;1,3H3. The third-order valence-electron chi connectivity index (χ3n) is 2.31. The molecule has 0 heterocycles. The summed E-state index contributed by atoms with van der Waals surface area (Å²) in [4.78, 5) is 0. The molecular formula is C13H26OSi2. The Balaban J connectivity index is 0. The topological polar surface area (TPSA) is 9.23 Å². The fourth-order valence-corrected chi connectivity index (χ4v) is 5.17. The van der Waals surface area contributed by atoms with Crippen LogP contribution in [-0.2, 0) is 4.43 Å². The van der Waals surface area contributed by atoms with E-state index < -0.39 is 8.07 Å². The lowest BCUT2D eigenvalue weighted by Gasteiger charge is -2.27. The SMILES string of the molecule is C=CC[Si](CC=C)(CC=C)CC=C.CO[SiH3]. The molecule has 0 bridgehead atoms. The molecule has 0 amide bonds. The van der Waals surface area contributed by atoms with E-state index in [1.807, 2.05) is 24.3 Å². The molecule has 0 unspecified atom stereocenters. The van der Waals surface area contributed by atoms with Crippen LogP contribution in [0.1, 0.15) is 0 Å². The molecule has 0 fully saturated rings. The molecule has 16 heavy (non-hydrogen) atoms. The molecule has 0 aliphatic rings. The number of hydrogen-bond donors (Lipinski definition) is 0. The minimum Gasteiger partial charge on any atom is -0.431 e. The van der Waals surface area contributed by atoms with Gasteiger partial charge in [0, 0.05) is 7.11 Å². The van der Waals surface area contributed by atoms with Crippen LogP contribution in [0.2, 0.25) is 24.2 Å². The first-order valence-corrected chi connectivity index (χ1v) is 9.14. The molecule has 0 aromatic rings. The van der Waals surface area contributed by atoms with Crippen LogP contribution in [0.4, 0.5) is 0 Å². The predicted octanol–water partition coefficient (Wildman–Crippen LogP) is 3.09. The van der Waals surface area contributed by atoms with E-state index in [1.54, 1.807) is 7.11 Å². The predicted molar refractivity (Wildman–Crippen MR) is 82.7 cm³/mol. The van der Waals surface area contributed by atoms with Crippen molar-refractivity contribution >= 4 is 18.6 Å². The second-order valence-corrected chi connectivity index (χ2v) is 9.33. The molecule has 0 aliphatic heterocycles. The van der Waals surface area contributed by atoms with Gasteiger partial charge < -0.3 is 4.43 Å². The highest BCUT2D eigenvalue weighted by molar-refractivity contribution is 6.81. The molecule has 0 saturated heterocycles. The fraction of sp³-hybridized carbons (Fsp3) is 0.385. The van der Waals surface area contributed by atoms with Crippen LogP contribution < -0.4 is 0 Å². The molecule has 92 valence electrons. The van der Waals surface area contributed by atoms with Gasteiger partial charge in [-0.3, -0.25) is 0 Å². The van der Waals surface area contributed by atoms with E-state index in [1.165, 1.54) is 0 Å². The summed E-state index contributed by atoms with van der Waals surface area (Å²) in [6.07, 6.45) is 8.12. The second kappa shape index (κ2) is 12.4. The van der Waals surface area contributed by atoms with Gasteiger partial charge in [-0.1, -0.05) is 24.3 Å². The van der Waals surface area contributed by atoms with Crippen LogP contribution in [0.3, 0.4) is 0 Å². The van der Waals surface area contributed by atoms with Crippen molar-refractivity contribution in [2.75, 3.05) is 7.11 Å². The first kappa shape index (κ1) is 17.7. The van der Waals surface area contributed by atoms with Gasteiger partial charge in [0.05, 0.1) is 8.07 Å². The first-order valence-electron chi connectivity index (χ1n) is 5.50. The monoisotopic (exact) mass is 254 g/mol. The average molecular weight is 255 g/mol. The number of rotatable bonds is 8. The molecule has 3 heteroatoms. The maximum absolute atomic E-state index is 4.39. The van der Waals surface area contributed by atoms with Crippen molar-refractivity contribution in [3.63, 3.8) is 0 Å². The van der Waals surface area contributed by atoms with Gasteiger partial charge in [0.2, 0.25) is 0 Å². The van der Waals surface area contributed by atoms with Gasteiger partial charge in [-0.05, 0) is 24.2 Å². The molecule has 1 nitrogen and oxygen atoms in total. The average Bonchev–Trinajstić information content (AvgIpc) is 2.20. The highest BCUT2D eigenvalue weighted by atomic mass is 28.3. The summed E-state index contributed by atoms with van der Waals surface area (Å²) in [5.74, 6) is 0. The quantitative estimate of drug-likeness (QED) is 0.478. The van der Waals surface area contributed by atoms with E-state index >= 15 is 0 Å². The van der Waals surface area contributed by atoms with Crippen LogP contribution in [0.15, 0.2) is 50.6 Å². The van der Waals surface area contributed by atoms with Gasteiger partial charge in [-0.2, -0.15) is 0 Å². The van der Waals surface area contributed by atoms with Crippen molar-refractivity contribution in [1.82, 2.24) is 0 Å². The summed E-state index contributed by atoms with van der Waals surface area (Å²) < 4.78 is 4.39. The van der Waals surface area contributed by atoms with Crippen molar-refractivity contribution < 1.29 is 4.43 Å². The van der Waals surface area contributed by atoms with E-state index in [-0.39, 0.29) is 0 Å². The molecule has 0 spiro atoms. The summed E-state index contributed by atoms with van der Waals surface area (Å²) in [6.45, 7) is 15.3. The second-order valence-electron chi connectivity index (χ2n) is 3.88. The van der Waals surface area contributed by atoms with Crippen LogP contribution in [-0.4, -0.2) is 25.7 Å². The summed E-state index contributed by atoms with van der Waals surface area (Å²) >= 11 is 0. The van der Waals surface area contributed by atoms with Gasteiger partial charge >= 0.3 is 0 Å². The Hall–Kier alpha value is -0.646. The smallest absolute Gasteiger partial charge is 0.145 e. The van der Waals surface area contributed by atoms with Crippen molar-refractivity contribution in [3.8, 4) is 0 Å². The zero-order valence-corrected chi connectivity index (χ0v) is 13.9. The summed E-state index contributed by atoms with van der Waals surface area (Å²) in [6, 6.07) is 4.54. The fourth-order valence-electron chi connectivity index (χ4n) is 1.72. The molecule has 0 aliphatic carbocycles. The van der Waals surface area contributed by atoms with E-state index in [0.29, 0.717) is 0 Å². The van der Waals surface area contributed by atoms with Crippen LogP contribution in [0.25, 0.3) is 0 Å². The normalized spacial score (nSPS) is 9.81. The Morgan fingerprint density at radius 3 is 1.19 bits per heavy atom. The Bertz CT molecular complexity index is 166. The lowest BCUT2D eigenvalue weighted by Crippen LogP contribution is -2.30. The van der Waals surface area contributed by atoms with Gasteiger partial charge in [0.1, 0.15) is 10.5 Å². The third kappa shape index (κ3) is 8.65. The number of hydrogen-bond acceptors (Lipinski definition) is 1. The molecule has 0 radical (unpaired) electrons. The lowest BCUT2D eigenvalue weighted by atomic mass is 10.7. The van der Waals surface area contributed by atoms with E-state index in [4.69, 9.17) is 0 Å². The highest BCUT2D eigenvalue weighted by Gasteiger charge is 2.26. The molecule has 0 atom stereocenters. The van der Waals surface area contributed by atoms with E-state index in [9.17, 15) is 0 Å². The van der Waals surface area contributed by atoms with Crippen LogP contribution in [0, 0.1) is 0 Å². The van der Waals surface area contributed by atoms with Crippen molar-refractivity contribution in [3.05, 3.63) is 50.6 Å². The van der Waals surface area contributed by atoms with E-state index in [0.717, 1.165) is 34.7 Å². The molecule has 0 saturated carbocycles. The zero-order chi connectivity index (χ0) is 12.9. The zero-order valence-electron chi connectivity index (χ0n) is 10.9. The summed E-state index contributed by atoms with van der Waals surface area (Å²) in [5, 5.41) is 0. The van der Waals surface area contributed by atoms with Crippen LogP contribution >= 0.6 is 0 Å². The van der Waals surface area contributed by atoms with Gasteiger partial charge in [-0.15, -0.1) is 26.3 Å². The van der Waals surface area contributed by atoms with Gasteiger partial charge in [0.15, 0.2) is 0 Å². The highest BCUT2D eigenvalue weighted by Crippen LogP contribution is 2.27. The van der Waals surface area contributed by atoms with Crippen molar-refractivity contribution in [1.29, 1.82) is 0 Å². The summed E-state index contributed by atoms with van der Waals surface area (Å²) in [5.41, 5.74) is 0. The lowest BCUT2D eigenvalue weighted by molar-refractivity contribution is 0.460. The maximum atomic E-state index is 4.39. The Morgan fingerprint density at radius 2 is 1.06 bits per heavy atom. The Kier molecular flexibility index (Phi) is 13.8. The van der Waals surface area contributed by atoms with E-state index in [2.05, 4.69) is 30.7 Å². The van der Waals surface area contributed by atoms with Gasteiger partial charge in [0.25, 0.3) is 0 Å². The number of allylic oxidation sites excluding steroid dienone is 4. The Morgan fingerprint density at radius 1 is 0.875 bits per heavy atom. The molecular weight excluding hydrogens is 228 g/mol. The molecule has 0 N–H and O–H groups in total. The minimum absolute atomic E-state index is 0.869. The van der Waals surface area contributed by atoms with Crippen molar-refractivity contribution in [2.24, 2.45) is 0 Å². The molecule has 0 aromatic carbocycles. The third-order valence-corrected chi connectivity index (χ3v) is 6.93. The summed E-state index contributed by atoms with van der Waals surface area (Å²) in [7, 11) is 1.29. The molecule has 0 aromatic heterocycles. The van der Waals surface area contributed by atoms with Crippen LogP contribution in [0.5, 0.6) is 0 Å². The largest absolute Gasteiger partial charge is 0.431 e. The van der Waals surface area contributed by atoms with Gasteiger partial charge in [-0.25, -0.2) is 0 Å². The first-order chi connectivity index (χ1) is 7.66. The molecule has 0 rings (SSSR count). The maximum Gasteiger partial charge on any atom is 0.145 e. The Labute approximate surface area is 105 Å². The van der Waals surface area contributed by atoms with Crippen molar-refractivity contribution in [2.45, 2.75) is 24.2 Å².